The number of carbonyl (C=O) groups excluding carboxylic acids is 1. The van der Waals surface area contributed by atoms with Crippen molar-refractivity contribution in [3.05, 3.63) is 53.6 Å². The van der Waals surface area contributed by atoms with Gasteiger partial charge in [0, 0.05) is 38.6 Å². The molecule has 1 aliphatic heterocycles. The summed E-state index contributed by atoms with van der Waals surface area (Å²) in [5.74, 6) is 0.0478. The van der Waals surface area contributed by atoms with E-state index >= 15 is 0 Å². The number of amides is 1. The van der Waals surface area contributed by atoms with Gasteiger partial charge in [-0.1, -0.05) is 6.07 Å². The van der Waals surface area contributed by atoms with Crippen LogP contribution in [0.2, 0.25) is 0 Å². The molecule has 7 nitrogen and oxygen atoms in total. The highest BCUT2D eigenvalue weighted by Crippen LogP contribution is 2.32. The van der Waals surface area contributed by atoms with Crippen LogP contribution >= 0.6 is 0 Å². The van der Waals surface area contributed by atoms with Gasteiger partial charge in [0.2, 0.25) is 5.91 Å². The van der Waals surface area contributed by atoms with E-state index in [1.807, 2.05) is 13.1 Å². The van der Waals surface area contributed by atoms with Crippen LogP contribution < -0.4 is 15.8 Å². The SMILES string of the molecule is Cc1c[nH]c2nccc(Oc3ccc(CC(N)C(=O)N4CCNCC4)cc3F)c12. The second-order valence-electron chi connectivity index (χ2n) is 7.26. The maximum absolute atomic E-state index is 14.7. The van der Waals surface area contributed by atoms with Crippen molar-refractivity contribution in [2.75, 3.05) is 26.2 Å². The first-order valence-electron chi connectivity index (χ1n) is 9.67. The Labute approximate surface area is 168 Å². The number of benzene rings is 1. The first-order valence-corrected chi connectivity index (χ1v) is 9.67. The van der Waals surface area contributed by atoms with Crippen LogP contribution in [0.15, 0.2) is 36.7 Å². The number of carbonyl (C=O) groups is 1. The highest BCUT2D eigenvalue weighted by molar-refractivity contribution is 5.86. The molecule has 0 aliphatic carbocycles. The number of H-pyrrole nitrogens is 1. The minimum Gasteiger partial charge on any atom is -0.453 e. The smallest absolute Gasteiger partial charge is 0.239 e. The highest BCUT2D eigenvalue weighted by Gasteiger charge is 2.23. The third-order valence-electron chi connectivity index (χ3n) is 5.15. The largest absolute Gasteiger partial charge is 0.453 e. The first-order chi connectivity index (χ1) is 14.0. The van der Waals surface area contributed by atoms with Crippen LogP contribution in [0, 0.1) is 12.7 Å². The van der Waals surface area contributed by atoms with E-state index in [-0.39, 0.29) is 18.1 Å². The minimum absolute atomic E-state index is 0.102. The number of pyridine rings is 1. The number of ether oxygens (including phenoxy) is 1. The summed E-state index contributed by atoms with van der Waals surface area (Å²) in [4.78, 5) is 21.5. The molecule has 4 rings (SSSR count). The lowest BCUT2D eigenvalue weighted by Gasteiger charge is -2.29. The van der Waals surface area contributed by atoms with Gasteiger partial charge in [0.15, 0.2) is 11.6 Å². The van der Waals surface area contributed by atoms with Gasteiger partial charge in [-0.15, -0.1) is 0 Å². The van der Waals surface area contributed by atoms with Gasteiger partial charge < -0.3 is 25.7 Å². The number of aryl methyl sites for hydroxylation is 1. The summed E-state index contributed by atoms with van der Waals surface area (Å²) in [6.07, 6.45) is 3.72. The quantitative estimate of drug-likeness (QED) is 0.613. The average Bonchev–Trinajstić information content (AvgIpc) is 3.12. The Hall–Kier alpha value is -2.97. The molecule has 29 heavy (non-hydrogen) atoms. The maximum Gasteiger partial charge on any atom is 0.239 e. The Bertz CT molecular complexity index is 1030. The molecule has 0 saturated carbocycles. The van der Waals surface area contributed by atoms with E-state index in [2.05, 4.69) is 15.3 Å². The van der Waals surface area contributed by atoms with Crippen molar-refractivity contribution in [2.45, 2.75) is 19.4 Å². The monoisotopic (exact) mass is 397 g/mol. The van der Waals surface area contributed by atoms with Gasteiger partial charge in [0.25, 0.3) is 0 Å². The molecule has 1 amide bonds. The summed E-state index contributed by atoms with van der Waals surface area (Å²) in [5, 5.41) is 4.02. The number of halogens is 1. The fraction of sp³-hybridized carbons (Fsp3) is 0.333. The third-order valence-corrected chi connectivity index (χ3v) is 5.15. The van der Waals surface area contributed by atoms with Gasteiger partial charge in [-0.2, -0.15) is 0 Å². The predicted octanol–water partition coefficient (Wildman–Crippen LogP) is 2.10. The lowest BCUT2D eigenvalue weighted by molar-refractivity contribution is -0.133. The molecule has 1 aromatic carbocycles. The van der Waals surface area contributed by atoms with Crippen molar-refractivity contribution in [1.29, 1.82) is 0 Å². The lowest BCUT2D eigenvalue weighted by atomic mass is 10.0. The molecule has 0 bridgehead atoms. The standard InChI is InChI=1S/C21H24FN5O2/c1-13-12-26-20-19(13)18(4-5-25-20)29-17-3-2-14(10-15(17)22)11-16(23)21(28)27-8-6-24-7-9-27/h2-5,10,12,16,24H,6-9,11,23H2,1H3,(H,25,26). The molecular formula is C21H24FN5O2. The van der Waals surface area contributed by atoms with Gasteiger partial charge in [-0.3, -0.25) is 4.79 Å². The summed E-state index contributed by atoms with van der Waals surface area (Å²) in [6, 6.07) is 5.70. The molecule has 1 saturated heterocycles. The predicted molar refractivity (Wildman–Crippen MR) is 108 cm³/mol. The van der Waals surface area contributed by atoms with E-state index in [0.29, 0.717) is 30.0 Å². The molecular weight excluding hydrogens is 373 g/mol. The van der Waals surface area contributed by atoms with Gasteiger partial charge in [-0.05, 0) is 42.7 Å². The van der Waals surface area contributed by atoms with Crippen molar-refractivity contribution in [1.82, 2.24) is 20.2 Å². The van der Waals surface area contributed by atoms with Crippen molar-refractivity contribution in [3.63, 3.8) is 0 Å². The zero-order valence-electron chi connectivity index (χ0n) is 16.2. The fourth-order valence-corrected chi connectivity index (χ4v) is 3.60. The number of piperazine rings is 1. The maximum atomic E-state index is 14.7. The number of rotatable bonds is 5. The number of nitrogens with two attached hydrogens (primary N) is 1. The second-order valence-corrected chi connectivity index (χ2v) is 7.26. The third kappa shape index (κ3) is 4.08. The van der Waals surface area contributed by atoms with Crippen LogP contribution in [-0.4, -0.2) is 53.0 Å². The first kappa shape index (κ1) is 19.4. The summed E-state index contributed by atoms with van der Waals surface area (Å²) in [6.45, 7) is 4.76. The number of nitrogens with one attached hydrogen (secondary N) is 2. The van der Waals surface area contributed by atoms with Gasteiger partial charge in [0.1, 0.15) is 11.4 Å². The van der Waals surface area contributed by atoms with Crippen LogP contribution in [0.25, 0.3) is 11.0 Å². The number of aromatic nitrogens is 2. The zero-order valence-corrected chi connectivity index (χ0v) is 16.2. The van der Waals surface area contributed by atoms with Gasteiger partial charge in [-0.25, -0.2) is 9.37 Å². The molecule has 152 valence electrons. The van der Waals surface area contributed by atoms with Crippen molar-refractivity contribution in [3.8, 4) is 11.5 Å². The molecule has 0 spiro atoms. The number of hydrogen-bond acceptors (Lipinski definition) is 5. The highest BCUT2D eigenvalue weighted by atomic mass is 19.1. The number of nitrogens with zero attached hydrogens (tertiary/aromatic N) is 2. The van der Waals surface area contributed by atoms with Crippen LogP contribution in [0.4, 0.5) is 4.39 Å². The number of hydrogen-bond donors (Lipinski definition) is 3. The number of aromatic amines is 1. The Morgan fingerprint density at radius 3 is 2.86 bits per heavy atom. The van der Waals surface area contributed by atoms with E-state index < -0.39 is 11.9 Å². The topological polar surface area (TPSA) is 96.3 Å². The summed E-state index contributed by atoms with van der Waals surface area (Å²) in [7, 11) is 0. The summed E-state index contributed by atoms with van der Waals surface area (Å²) in [5.41, 5.74) is 8.40. The molecule has 0 radical (unpaired) electrons. The van der Waals surface area contributed by atoms with E-state index in [0.717, 1.165) is 24.0 Å². The molecule has 4 N–H and O–H groups in total. The molecule has 1 fully saturated rings. The zero-order chi connectivity index (χ0) is 20.4. The Morgan fingerprint density at radius 2 is 2.10 bits per heavy atom. The van der Waals surface area contributed by atoms with Gasteiger partial charge >= 0.3 is 0 Å². The van der Waals surface area contributed by atoms with Crippen LogP contribution in [-0.2, 0) is 11.2 Å². The molecule has 3 aromatic rings. The molecule has 8 heteroatoms. The lowest BCUT2D eigenvalue weighted by Crippen LogP contribution is -2.52. The molecule has 1 atom stereocenters. The molecule has 3 heterocycles. The molecule has 1 aliphatic rings. The van der Waals surface area contributed by atoms with Crippen molar-refractivity contribution < 1.29 is 13.9 Å². The van der Waals surface area contributed by atoms with Crippen LogP contribution in [0.3, 0.4) is 0 Å². The normalized spacial score (nSPS) is 15.5. The van der Waals surface area contributed by atoms with Gasteiger partial charge in [0.05, 0.1) is 11.4 Å². The summed E-state index contributed by atoms with van der Waals surface area (Å²) >= 11 is 0. The van der Waals surface area contributed by atoms with Crippen molar-refractivity contribution >= 4 is 16.9 Å². The van der Waals surface area contributed by atoms with E-state index in [4.69, 9.17) is 10.5 Å². The van der Waals surface area contributed by atoms with E-state index in [1.165, 1.54) is 6.07 Å². The Morgan fingerprint density at radius 1 is 1.31 bits per heavy atom. The number of fused-ring (bicyclic) bond motifs is 1. The molecule has 1 unspecified atom stereocenters. The van der Waals surface area contributed by atoms with E-state index in [1.54, 1.807) is 29.3 Å². The summed E-state index contributed by atoms with van der Waals surface area (Å²) < 4.78 is 20.5. The molecule has 2 aromatic heterocycles. The minimum atomic E-state index is -0.693. The van der Waals surface area contributed by atoms with Crippen LogP contribution in [0.5, 0.6) is 11.5 Å². The fourth-order valence-electron chi connectivity index (χ4n) is 3.60. The van der Waals surface area contributed by atoms with E-state index in [9.17, 15) is 9.18 Å². The van der Waals surface area contributed by atoms with Crippen molar-refractivity contribution in [2.24, 2.45) is 5.73 Å². The second kappa shape index (κ2) is 8.18. The Balaban J connectivity index is 1.47. The Kier molecular flexibility index (Phi) is 5.46. The van der Waals surface area contributed by atoms with Crippen LogP contribution in [0.1, 0.15) is 11.1 Å². The average molecular weight is 397 g/mol.